The zero-order valence-electron chi connectivity index (χ0n) is 9.52. The Balaban J connectivity index is 2.33. The molecule has 4 nitrogen and oxygen atoms in total. The molecule has 0 radical (unpaired) electrons. The molecule has 0 aromatic heterocycles. The Labute approximate surface area is 108 Å². The van der Waals surface area contributed by atoms with Crippen LogP contribution in [0.15, 0.2) is 22.7 Å². The van der Waals surface area contributed by atoms with Crippen LogP contribution in [0.3, 0.4) is 0 Å². The third-order valence-corrected chi connectivity index (χ3v) is 3.39. The first kappa shape index (κ1) is 12.4. The van der Waals surface area contributed by atoms with Gasteiger partial charge in [-0.1, -0.05) is 15.9 Å². The molecule has 1 N–H and O–H groups in total. The minimum absolute atomic E-state index is 0.0196. The van der Waals surface area contributed by atoms with Crippen molar-refractivity contribution in [1.29, 1.82) is 0 Å². The summed E-state index contributed by atoms with van der Waals surface area (Å²) in [5, 5.41) is 9.11. The molecule has 1 atom stereocenters. The van der Waals surface area contributed by atoms with E-state index in [9.17, 15) is 4.79 Å². The number of carbonyl (C=O) groups is 1. The Morgan fingerprint density at radius 3 is 2.94 bits per heavy atom. The molecule has 1 aliphatic heterocycles. The average molecular weight is 300 g/mol. The van der Waals surface area contributed by atoms with E-state index >= 15 is 0 Å². The molecule has 17 heavy (non-hydrogen) atoms. The predicted molar refractivity (Wildman–Crippen MR) is 68.2 cm³/mol. The van der Waals surface area contributed by atoms with Gasteiger partial charge in [0.25, 0.3) is 0 Å². The predicted octanol–water partition coefficient (Wildman–Crippen LogP) is 1.80. The van der Waals surface area contributed by atoms with Gasteiger partial charge in [0.05, 0.1) is 12.8 Å². The topological polar surface area (TPSA) is 49.8 Å². The quantitative estimate of drug-likeness (QED) is 0.926. The number of carbonyl (C=O) groups excluding carboxylic acids is 1. The Morgan fingerprint density at radius 1 is 1.59 bits per heavy atom. The zero-order valence-corrected chi connectivity index (χ0v) is 11.1. The van der Waals surface area contributed by atoms with E-state index in [0.29, 0.717) is 18.7 Å². The molecule has 0 bridgehead atoms. The maximum absolute atomic E-state index is 11.9. The van der Waals surface area contributed by atoms with Crippen LogP contribution in [-0.4, -0.2) is 31.3 Å². The number of hydrogen-bond acceptors (Lipinski definition) is 3. The van der Waals surface area contributed by atoms with Crippen LogP contribution in [-0.2, 0) is 4.79 Å². The summed E-state index contributed by atoms with van der Waals surface area (Å²) in [7, 11) is 1.58. The third-order valence-electron chi connectivity index (χ3n) is 2.90. The summed E-state index contributed by atoms with van der Waals surface area (Å²) in [6, 6.07) is 5.54. The summed E-state index contributed by atoms with van der Waals surface area (Å²) in [6.07, 6.45) is 0.395. The van der Waals surface area contributed by atoms with E-state index < -0.39 is 0 Å². The first-order valence-corrected chi connectivity index (χ1v) is 6.19. The molecule has 1 aromatic carbocycles. The number of nitrogens with zero attached hydrogens (tertiary/aromatic N) is 1. The highest BCUT2D eigenvalue weighted by Crippen LogP contribution is 2.35. The second-order valence-corrected chi connectivity index (χ2v) is 4.99. The molecule has 2 rings (SSSR count). The minimum atomic E-state index is 0.0196. The van der Waals surface area contributed by atoms with Gasteiger partial charge >= 0.3 is 0 Å². The smallest absolute Gasteiger partial charge is 0.227 e. The van der Waals surface area contributed by atoms with Crippen molar-refractivity contribution in [2.45, 2.75) is 6.42 Å². The van der Waals surface area contributed by atoms with Gasteiger partial charge in [0, 0.05) is 30.0 Å². The van der Waals surface area contributed by atoms with Crippen molar-refractivity contribution < 1.29 is 14.6 Å². The Kier molecular flexibility index (Phi) is 3.69. The van der Waals surface area contributed by atoms with Crippen LogP contribution in [0.1, 0.15) is 6.42 Å². The van der Waals surface area contributed by atoms with Crippen LogP contribution in [0.4, 0.5) is 5.69 Å². The van der Waals surface area contributed by atoms with Gasteiger partial charge in [0.1, 0.15) is 5.75 Å². The van der Waals surface area contributed by atoms with Gasteiger partial charge in [-0.2, -0.15) is 0 Å². The van der Waals surface area contributed by atoms with Crippen LogP contribution >= 0.6 is 15.9 Å². The minimum Gasteiger partial charge on any atom is -0.495 e. The average Bonchev–Trinajstić information content (AvgIpc) is 2.70. The molecule has 1 aliphatic rings. The number of amides is 1. The lowest BCUT2D eigenvalue weighted by Crippen LogP contribution is -2.25. The molecule has 5 heteroatoms. The van der Waals surface area contributed by atoms with Crippen molar-refractivity contribution in [3.63, 3.8) is 0 Å². The maximum atomic E-state index is 11.9. The highest BCUT2D eigenvalue weighted by molar-refractivity contribution is 9.10. The molecule has 1 unspecified atom stereocenters. The maximum Gasteiger partial charge on any atom is 0.227 e. The van der Waals surface area contributed by atoms with Gasteiger partial charge in [-0.15, -0.1) is 0 Å². The molecule has 1 aromatic rings. The van der Waals surface area contributed by atoms with Crippen molar-refractivity contribution in [3.8, 4) is 5.75 Å². The molecule has 1 heterocycles. The number of aliphatic hydroxyl groups is 1. The highest BCUT2D eigenvalue weighted by atomic mass is 79.9. The van der Waals surface area contributed by atoms with Crippen molar-refractivity contribution in [2.24, 2.45) is 5.92 Å². The number of anilines is 1. The van der Waals surface area contributed by atoms with E-state index in [1.165, 1.54) is 0 Å². The second-order valence-electron chi connectivity index (χ2n) is 4.07. The number of rotatable bonds is 3. The second kappa shape index (κ2) is 5.06. The Bertz CT molecular complexity index is 436. The van der Waals surface area contributed by atoms with Crippen LogP contribution < -0.4 is 9.64 Å². The van der Waals surface area contributed by atoms with E-state index in [2.05, 4.69) is 15.9 Å². The third kappa shape index (κ3) is 2.45. The first-order chi connectivity index (χ1) is 8.15. The van der Waals surface area contributed by atoms with Crippen LogP contribution in [0.25, 0.3) is 0 Å². The van der Waals surface area contributed by atoms with Crippen molar-refractivity contribution in [2.75, 3.05) is 25.2 Å². The molecule has 1 amide bonds. The van der Waals surface area contributed by atoms with Gasteiger partial charge in [-0.05, 0) is 18.2 Å². The standard InChI is InChI=1S/C12H14BrNO3/c1-17-11-3-2-9(13)5-10(11)14-6-8(7-15)4-12(14)16/h2-3,5,8,15H,4,6-7H2,1H3. The summed E-state index contributed by atoms with van der Waals surface area (Å²) < 4.78 is 6.15. The fourth-order valence-electron chi connectivity index (χ4n) is 2.01. The van der Waals surface area contributed by atoms with Gasteiger partial charge in [0.15, 0.2) is 0 Å². The molecule has 0 aliphatic carbocycles. The lowest BCUT2D eigenvalue weighted by atomic mass is 10.1. The van der Waals surface area contributed by atoms with Crippen LogP contribution in [0, 0.1) is 5.92 Å². The molecular weight excluding hydrogens is 286 g/mol. The SMILES string of the molecule is COc1ccc(Br)cc1N1CC(CO)CC1=O. The number of benzene rings is 1. The van der Waals surface area contributed by atoms with E-state index in [-0.39, 0.29) is 18.4 Å². The number of methoxy groups -OCH3 is 1. The van der Waals surface area contributed by atoms with Crippen molar-refractivity contribution in [1.82, 2.24) is 0 Å². The molecule has 1 fully saturated rings. The molecule has 0 saturated carbocycles. The zero-order chi connectivity index (χ0) is 12.4. The molecule has 92 valence electrons. The summed E-state index contributed by atoms with van der Waals surface area (Å²) in [5.74, 6) is 0.715. The summed E-state index contributed by atoms with van der Waals surface area (Å²) in [5.41, 5.74) is 0.753. The lowest BCUT2D eigenvalue weighted by molar-refractivity contribution is -0.117. The van der Waals surface area contributed by atoms with Crippen molar-refractivity contribution in [3.05, 3.63) is 22.7 Å². The monoisotopic (exact) mass is 299 g/mol. The number of aliphatic hydroxyl groups excluding tert-OH is 1. The van der Waals surface area contributed by atoms with E-state index in [4.69, 9.17) is 9.84 Å². The highest BCUT2D eigenvalue weighted by Gasteiger charge is 2.31. The summed E-state index contributed by atoms with van der Waals surface area (Å²) in [4.78, 5) is 13.5. The molecular formula is C12H14BrNO3. The van der Waals surface area contributed by atoms with Gasteiger partial charge in [-0.3, -0.25) is 4.79 Å². The van der Waals surface area contributed by atoms with Gasteiger partial charge in [-0.25, -0.2) is 0 Å². The Hall–Kier alpha value is -1.07. The largest absolute Gasteiger partial charge is 0.495 e. The molecule has 1 saturated heterocycles. The number of hydrogen-bond donors (Lipinski definition) is 1. The number of halogens is 1. The van der Waals surface area contributed by atoms with E-state index in [1.54, 1.807) is 12.0 Å². The normalized spacial score (nSPS) is 19.8. The van der Waals surface area contributed by atoms with Gasteiger partial charge < -0.3 is 14.7 Å². The van der Waals surface area contributed by atoms with Crippen LogP contribution in [0.5, 0.6) is 5.75 Å². The fourth-order valence-corrected chi connectivity index (χ4v) is 2.36. The summed E-state index contributed by atoms with van der Waals surface area (Å²) in [6.45, 7) is 0.584. The lowest BCUT2D eigenvalue weighted by Gasteiger charge is -2.19. The summed E-state index contributed by atoms with van der Waals surface area (Å²) >= 11 is 3.38. The van der Waals surface area contributed by atoms with Crippen LogP contribution in [0.2, 0.25) is 0 Å². The fraction of sp³-hybridized carbons (Fsp3) is 0.417. The number of ether oxygens (including phenoxy) is 1. The van der Waals surface area contributed by atoms with E-state index in [1.807, 2.05) is 18.2 Å². The van der Waals surface area contributed by atoms with E-state index in [0.717, 1.165) is 10.2 Å². The Morgan fingerprint density at radius 2 is 2.35 bits per heavy atom. The van der Waals surface area contributed by atoms with Crippen molar-refractivity contribution >= 4 is 27.5 Å². The first-order valence-electron chi connectivity index (χ1n) is 5.40. The molecule has 0 spiro atoms. The van der Waals surface area contributed by atoms with Gasteiger partial charge in [0.2, 0.25) is 5.91 Å².